The van der Waals surface area contributed by atoms with Crippen LogP contribution in [0.1, 0.15) is 28.5 Å². The van der Waals surface area contributed by atoms with E-state index >= 15 is 0 Å². The van der Waals surface area contributed by atoms with E-state index in [2.05, 4.69) is 15.5 Å². The van der Waals surface area contributed by atoms with Crippen LogP contribution in [0.3, 0.4) is 0 Å². The minimum atomic E-state index is -0.492. The fourth-order valence-electron chi connectivity index (χ4n) is 2.02. The van der Waals surface area contributed by atoms with Crippen molar-refractivity contribution in [2.45, 2.75) is 13.0 Å². The molecule has 2 heterocycles. The Kier molecular flexibility index (Phi) is 4.34. The molecule has 1 aromatic carbocycles. The number of nitrogens with one attached hydrogen (secondary N) is 1. The van der Waals surface area contributed by atoms with Crippen molar-refractivity contribution in [3.8, 4) is 11.4 Å². The van der Waals surface area contributed by atoms with Crippen molar-refractivity contribution in [1.82, 2.24) is 15.5 Å². The lowest BCUT2D eigenvalue weighted by atomic mass is 10.2. The number of amides is 1. The van der Waals surface area contributed by atoms with E-state index in [1.165, 1.54) is 23.5 Å². The number of benzene rings is 1. The zero-order chi connectivity index (χ0) is 17.1. The first-order chi connectivity index (χ1) is 11.5. The Morgan fingerprint density at radius 1 is 1.38 bits per heavy atom. The monoisotopic (exact) mass is 344 g/mol. The van der Waals surface area contributed by atoms with Gasteiger partial charge < -0.3 is 9.84 Å². The van der Waals surface area contributed by atoms with Crippen molar-refractivity contribution in [2.75, 3.05) is 0 Å². The molecule has 0 aliphatic rings. The number of carbonyl (C=O) groups is 1. The van der Waals surface area contributed by atoms with Gasteiger partial charge in [-0.15, -0.1) is 11.3 Å². The van der Waals surface area contributed by atoms with Crippen LogP contribution < -0.4 is 5.32 Å². The van der Waals surface area contributed by atoms with Crippen molar-refractivity contribution in [2.24, 2.45) is 0 Å². The Morgan fingerprint density at radius 2 is 2.21 bits per heavy atom. The van der Waals surface area contributed by atoms with Gasteiger partial charge in [-0.25, -0.2) is 0 Å². The number of non-ortho nitro benzene ring substituents is 1. The summed E-state index contributed by atoms with van der Waals surface area (Å²) in [6, 6.07) is 8.96. The van der Waals surface area contributed by atoms with E-state index in [1.807, 2.05) is 5.38 Å². The first kappa shape index (κ1) is 15.8. The molecule has 1 N–H and O–H groups in total. The van der Waals surface area contributed by atoms with Gasteiger partial charge in [0.15, 0.2) is 0 Å². The van der Waals surface area contributed by atoms with Crippen LogP contribution in [0.2, 0.25) is 0 Å². The Morgan fingerprint density at radius 3 is 2.92 bits per heavy atom. The van der Waals surface area contributed by atoms with Gasteiger partial charge in [-0.05, 0) is 18.4 Å². The molecule has 2 aromatic heterocycles. The van der Waals surface area contributed by atoms with Crippen molar-refractivity contribution in [3.63, 3.8) is 0 Å². The Balaban J connectivity index is 1.76. The van der Waals surface area contributed by atoms with Gasteiger partial charge in [0.2, 0.25) is 11.7 Å². The summed E-state index contributed by atoms with van der Waals surface area (Å²) < 4.78 is 5.16. The van der Waals surface area contributed by atoms with Gasteiger partial charge in [0, 0.05) is 17.7 Å². The summed E-state index contributed by atoms with van der Waals surface area (Å²) in [6.45, 7) is 1.72. The summed E-state index contributed by atoms with van der Waals surface area (Å²) in [4.78, 5) is 27.1. The molecule has 0 saturated heterocycles. The molecular weight excluding hydrogens is 332 g/mol. The summed E-state index contributed by atoms with van der Waals surface area (Å²) in [5, 5.41) is 19.2. The number of thiophene rings is 1. The molecule has 8 nitrogen and oxygen atoms in total. The van der Waals surface area contributed by atoms with Crippen LogP contribution in [-0.2, 0) is 0 Å². The third-order valence-corrected chi connectivity index (χ3v) is 4.09. The molecule has 0 saturated carbocycles. The lowest BCUT2D eigenvalue weighted by Crippen LogP contribution is -2.26. The van der Waals surface area contributed by atoms with Gasteiger partial charge in [-0.1, -0.05) is 23.4 Å². The second-order valence-electron chi connectivity index (χ2n) is 4.94. The molecule has 0 spiro atoms. The van der Waals surface area contributed by atoms with Gasteiger partial charge in [0.1, 0.15) is 6.04 Å². The molecule has 0 aliphatic heterocycles. The fourth-order valence-corrected chi connectivity index (χ4v) is 2.65. The van der Waals surface area contributed by atoms with E-state index in [-0.39, 0.29) is 23.3 Å². The van der Waals surface area contributed by atoms with Crippen LogP contribution in [0, 0.1) is 10.1 Å². The number of rotatable bonds is 5. The molecule has 0 radical (unpaired) electrons. The molecule has 0 fully saturated rings. The second kappa shape index (κ2) is 6.59. The van der Waals surface area contributed by atoms with Crippen LogP contribution in [0.5, 0.6) is 0 Å². The third kappa shape index (κ3) is 3.30. The molecule has 0 unspecified atom stereocenters. The number of hydrogen-bond acceptors (Lipinski definition) is 7. The predicted octanol–water partition coefficient (Wildman–Crippen LogP) is 3.20. The fraction of sp³-hybridized carbons (Fsp3) is 0.133. The maximum atomic E-state index is 12.0. The summed E-state index contributed by atoms with van der Waals surface area (Å²) in [6.07, 6.45) is 0. The van der Waals surface area contributed by atoms with E-state index in [9.17, 15) is 14.9 Å². The van der Waals surface area contributed by atoms with Crippen LogP contribution in [0.4, 0.5) is 5.69 Å². The number of nitro groups is 1. The van der Waals surface area contributed by atoms with Crippen LogP contribution in [-0.4, -0.2) is 21.0 Å². The average molecular weight is 344 g/mol. The van der Waals surface area contributed by atoms with E-state index in [1.54, 1.807) is 31.2 Å². The first-order valence-corrected chi connectivity index (χ1v) is 7.85. The second-order valence-corrected chi connectivity index (χ2v) is 5.88. The smallest absolute Gasteiger partial charge is 0.270 e. The van der Waals surface area contributed by atoms with Crippen LogP contribution in [0.15, 0.2) is 46.3 Å². The summed E-state index contributed by atoms with van der Waals surface area (Å²) in [5.74, 6) is 0.222. The Labute approximate surface area is 140 Å². The molecule has 3 aromatic rings. The highest BCUT2D eigenvalue weighted by Gasteiger charge is 2.19. The summed E-state index contributed by atoms with van der Waals surface area (Å²) in [5.41, 5.74) is 0.411. The van der Waals surface area contributed by atoms with E-state index < -0.39 is 11.0 Å². The van der Waals surface area contributed by atoms with Crippen molar-refractivity contribution in [1.29, 1.82) is 0 Å². The zero-order valence-electron chi connectivity index (χ0n) is 12.5. The Hall–Kier alpha value is -3.07. The van der Waals surface area contributed by atoms with Crippen LogP contribution >= 0.6 is 11.3 Å². The molecule has 122 valence electrons. The molecule has 0 aliphatic carbocycles. The van der Waals surface area contributed by atoms with Gasteiger partial charge in [-0.2, -0.15) is 4.98 Å². The SMILES string of the molecule is C[C@@H](NC(=O)c1cccs1)c1nc(-c2cccc([N+](=O)[O-])c2)no1. The molecule has 3 rings (SSSR count). The molecular formula is C15H12N4O4S. The van der Waals surface area contributed by atoms with Crippen molar-refractivity contribution in [3.05, 3.63) is 62.7 Å². The largest absolute Gasteiger partial charge is 0.340 e. The lowest BCUT2D eigenvalue weighted by Gasteiger charge is -2.07. The highest BCUT2D eigenvalue weighted by molar-refractivity contribution is 7.12. The van der Waals surface area contributed by atoms with Crippen LogP contribution in [0.25, 0.3) is 11.4 Å². The molecule has 24 heavy (non-hydrogen) atoms. The van der Waals surface area contributed by atoms with Crippen molar-refractivity contribution < 1.29 is 14.2 Å². The van der Waals surface area contributed by atoms with E-state index in [4.69, 9.17) is 4.52 Å². The number of carbonyl (C=O) groups excluding carboxylic acids is 1. The van der Waals surface area contributed by atoms with E-state index in [0.29, 0.717) is 10.4 Å². The molecule has 0 bridgehead atoms. The first-order valence-electron chi connectivity index (χ1n) is 6.97. The van der Waals surface area contributed by atoms with Gasteiger partial charge >= 0.3 is 0 Å². The minimum Gasteiger partial charge on any atom is -0.340 e. The third-order valence-electron chi connectivity index (χ3n) is 3.22. The summed E-state index contributed by atoms with van der Waals surface area (Å²) >= 11 is 1.33. The number of nitrogens with zero attached hydrogens (tertiary/aromatic N) is 3. The number of hydrogen-bond donors (Lipinski definition) is 1. The number of aromatic nitrogens is 2. The van der Waals surface area contributed by atoms with Crippen molar-refractivity contribution >= 4 is 22.9 Å². The minimum absolute atomic E-state index is 0.0575. The summed E-state index contributed by atoms with van der Waals surface area (Å²) in [7, 11) is 0. The predicted molar refractivity (Wildman–Crippen MR) is 86.6 cm³/mol. The quantitative estimate of drug-likeness (QED) is 0.562. The van der Waals surface area contributed by atoms with Gasteiger partial charge in [-0.3, -0.25) is 14.9 Å². The zero-order valence-corrected chi connectivity index (χ0v) is 13.3. The van der Waals surface area contributed by atoms with E-state index in [0.717, 1.165) is 0 Å². The molecule has 9 heteroatoms. The Bertz CT molecular complexity index is 875. The highest BCUT2D eigenvalue weighted by Crippen LogP contribution is 2.23. The molecule has 1 amide bonds. The standard InChI is InChI=1S/C15H12N4O4S/c1-9(16-14(20)12-6-3-7-24-12)15-17-13(18-23-15)10-4-2-5-11(8-10)19(21)22/h2-9H,1H3,(H,16,20)/t9-/m1/s1. The maximum Gasteiger partial charge on any atom is 0.270 e. The normalized spacial score (nSPS) is 11.9. The maximum absolute atomic E-state index is 12.0. The average Bonchev–Trinajstić information content (AvgIpc) is 3.26. The molecule has 1 atom stereocenters. The topological polar surface area (TPSA) is 111 Å². The van der Waals surface area contributed by atoms with Gasteiger partial charge in [0.05, 0.1) is 9.80 Å². The number of nitro benzene ring substituents is 1. The van der Waals surface area contributed by atoms with Gasteiger partial charge in [0.25, 0.3) is 11.6 Å². The lowest BCUT2D eigenvalue weighted by molar-refractivity contribution is -0.384. The highest BCUT2D eigenvalue weighted by atomic mass is 32.1.